The van der Waals surface area contributed by atoms with Crippen molar-refractivity contribution in [2.45, 2.75) is 18.2 Å². The van der Waals surface area contributed by atoms with Gasteiger partial charge in [-0.05, 0) is 24.6 Å². The molecule has 0 radical (unpaired) electrons. The highest BCUT2D eigenvalue weighted by Gasteiger charge is 2.12. The maximum absolute atomic E-state index is 11.6. The lowest BCUT2D eigenvalue weighted by molar-refractivity contribution is -0.115. The second-order valence-corrected chi connectivity index (χ2v) is 4.73. The molecular weight excluding hydrogens is 293 g/mol. The number of nitrogens with one attached hydrogen (secondary N) is 1. The summed E-state index contributed by atoms with van der Waals surface area (Å²) in [6.45, 7) is 1.93. The van der Waals surface area contributed by atoms with Crippen LogP contribution >= 0.6 is 27.5 Å². The van der Waals surface area contributed by atoms with Gasteiger partial charge in [0.05, 0.1) is 17.0 Å². The molecule has 0 bridgehead atoms. The van der Waals surface area contributed by atoms with Crippen molar-refractivity contribution in [2.24, 2.45) is 0 Å². The average molecular weight is 307 g/mol. The summed E-state index contributed by atoms with van der Waals surface area (Å²) in [5, 5.41) is 3.23. The quantitative estimate of drug-likeness (QED) is 0.865. The summed E-state index contributed by atoms with van der Waals surface area (Å²) in [4.78, 5) is 11.4. The van der Waals surface area contributed by atoms with Crippen LogP contribution < -0.4 is 10.1 Å². The van der Waals surface area contributed by atoms with Gasteiger partial charge in [-0.1, -0.05) is 34.5 Å². The smallest absolute Gasteiger partial charge is 0.238 e. The van der Waals surface area contributed by atoms with Crippen molar-refractivity contribution in [3.05, 3.63) is 23.2 Å². The highest BCUT2D eigenvalue weighted by atomic mass is 79.9. The van der Waals surface area contributed by atoms with Crippen LogP contribution in [-0.2, 0) is 4.79 Å². The van der Waals surface area contributed by atoms with Gasteiger partial charge in [0, 0.05) is 5.69 Å². The topological polar surface area (TPSA) is 38.3 Å². The molecule has 0 saturated carbocycles. The van der Waals surface area contributed by atoms with Crippen molar-refractivity contribution >= 4 is 39.1 Å². The van der Waals surface area contributed by atoms with Crippen molar-refractivity contribution in [2.75, 3.05) is 12.4 Å². The van der Waals surface area contributed by atoms with E-state index in [4.69, 9.17) is 16.3 Å². The summed E-state index contributed by atoms with van der Waals surface area (Å²) >= 11 is 9.22. The van der Waals surface area contributed by atoms with E-state index in [1.165, 1.54) is 0 Å². The van der Waals surface area contributed by atoms with E-state index >= 15 is 0 Å². The Balaban J connectivity index is 2.75. The van der Waals surface area contributed by atoms with Gasteiger partial charge in [-0.25, -0.2) is 0 Å². The van der Waals surface area contributed by atoms with Crippen LogP contribution in [0.4, 0.5) is 5.69 Å². The highest BCUT2D eigenvalue weighted by Crippen LogP contribution is 2.27. The van der Waals surface area contributed by atoms with Crippen LogP contribution in [0.3, 0.4) is 0 Å². The number of amides is 1. The lowest BCUT2D eigenvalue weighted by atomic mass is 10.2. The van der Waals surface area contributed by atoms with Crippen molar-refractivity contribution in [3.8, 4) is 5.75 Å². The van der Waals surface area contributed by atoms with Crippen LogP contribution in [0.1, 0.15) is 13.3 Å². The van der Waals surface area contributed by atoms with E-state index in [2.05, 4.69) is 21.2 Å². The van der Waals surface area contributed by atoms with E-state index in [-0.39, 0.29) is 10.7 Å². The first kappa shape index (κ1) is 13.3. The summed E-state index contributed by atoms with van der Waals surface area (Å²) < 4.78 is 5.02. The van der Waals surface area contributed by atoms with E-state index in [9.17, 15) is 4.79 Å². The number of anilines is 1. The van der Waals surface area contributed by atoms with E-state index in [0.717, 1.165) is 6.42 Å². The number of carbonyl (C=O) groups is 1. The summed E-state index contributed by atoms with van der Waals surface area (Å²) in [6, 6.07) is 5.12. The zero-order chi connectivity index (χ0) is 12.1. The van der Waals surface area contributed by atoms with Crippen LogP contribution in [0.2, 0.25) is 5.02 Å². The number of rotatable bonds is 4. The Kier molecular flexibility index (Phi) is 5.09. The summed E-state index contributed by atoms with van der Waals surface area (Å²) in [5.41, 5.74) is 0.661. The Morgan fingerprint density at radius 3 is 2.81 bits per heavy atom. The fourth-order valence-corrected chi connectivity index (χ4v) is 1.52. The van der Waals surface area contributed by atoms with Crippen molar-refractivity contribution < 1.29 is 9.53 Å². The molecule has 16 heavy (non-hydrogen) atoms. The predicted molar refractivity (Wildman–Crippen MR) is 69.6 cm³/mol. The molecule has 3 nitrogen and oxygen atoms in total. The standard InChI is InChI=1S/C11H13BrClNO2/c1-3-8(12)11(15)14-7-4-5-10(16-2)9(13)6-7/h4-6,8H,3H2,1-2H3,(H,14,15). The highest BCUT2D eigenvalue weighted by molar-refractivity contribution is 9.10. The molecule has 1 atom stereocenters. The first-order chi connectivity index (χ1) is 7.58. The Hall–Kier alpha value is -0.740. The number of benzene rings is 1. The molecule has 0 fully saturated rings. The second-order valence-electron chi connectivity index (χ2n) is 3.21. The third kappa shape index (κ3) is 3.39. The number of alkyl halides is 1. The van der Waals surface area contributed by atoms with Gasteiger partial charge in [0.2, 0.25) is 5.91 Å². The largest absolute Gasteiger partial charge is 0.495 e. The molecular formula is C11H13BrClNO2. The van der Waals surface area contributed by atoms with Gasteiger partial charge in [-0.2, -0.15) is 0 Å². The molecule has 0 heterocycles. The van der Waals surface area contributed by atoms with Gasteiger partial charge >= 0.3 is 0 Å². The monoisotopic (exact) mass is 305 g/mol. The molecule has 1 rings (SSSR count). The summed E-state index contributed by atoms with van der Waals surface area (Å²) in [5.74, 6) is 0.509. The molecule has 1 aromatic carbocycles. The molecule has 0 spiro atoms. The molecule has 0 saturated heterocycles. The van der Waals surface area contributed by atoms with Gasteiger partial charge in [0.15, 0.2) is 0 Å². The molecule has 5 heteroatoms. The lowest BCUT2D eigenvalue weighted by Gasteiger charge is -2.10. The molecule has 1 amide bonds. The zero-order valence-electron chi connectivity index (χ0n) is 9.09. The minimum atomic E-state index is -0.187. The summed E-state index contributed by atoms with van der Waals surface area (Å²) in [6.07, 6.45) is 0.732. The zero-order valence-corrected chi connectivity index (χ0v) is 11.4. The first-order valence-corrected chi connectivity index (χ1v) is 6.16. The molecule has 0 aliphatic rings. The van der Waals surface area contributed by atoms with E-state index in [1.54, 1.807) is 25.3 Å². The molecule has 0 aliphatic heterocycles. The lowest BCUT2D eigenvalue weighted by Crippen LogP contribution is -2.21. The molecule has 1 aromatic rings. The van der Waals surface area contributed by atoms with E-state index in [0.29, 0.717) is 16.5 Å². The van der Waals surface area contributed by atoms with E-state index < -0.39 is 0 Å². The van der Waals surface area contributed by atoms with Crippen molar-refractivity contribution in [3.63, 3.8) is 0 Å². The SMILES string of the molecule is CCC(Br)C(=O)Nc1ccc(OC)c(Cl)c1. The predicted octanol–water partition coefficient (Wildman–Crippen LogP) is 3.46. The van der Waals surface area contributed by atoms with Crippen molar-refractivity contribution in [1.29, 1.82) is 0 Å². The van der Waals surface area contributed by atoms with Gasteiger partial charge in [-0.3, -0.25) is 4.79 Å². The number of halogens is 2. The van der Waals surface area contributed by atoms with Crippen molar-refractivity contribution in [1.82, 2.24) is 0 Å². The van der Waals surface area contributed by atoms with Crippen LogP contribution in [0, 0.1) is 0 Å². The molecule has 88 valence electrons. The number of carbonyl (C=O) groups excluding carboxylic acids is 1. The van der Waals surface area contributed by atoms with Crippen LogP contribution in [-0.4, -0.2) is 17.8 Å². The molecule has 1 unspecified atom stereocenters. The molecule has 0 aliphatic carbocycles. The Morgan fingerprint density at radius 2 is 2.31 bits per heavy atom. The number of hydrogen-bond donors (Lipinski definition) is 1. The minimum Gasteiger partial charge on any atom is -0.495 e. The third-order valence-corrected chi connectivity index (χ3v) is 3.42. The average Bonchev–Trinajstić information content (AvgIpc) is 2.28. The van der Waals surface area contributed by atoms with Crippen LogP contribution in [0.25, 0.3) is 0 Å². The van der Waals surface area contributed by atoms with E-state index in [1.807, 2.05) is 6.92 Å². The van der Waals surface area contributed by atoms with Gasteiger partial charge in [-0.15, -0.1) is 0 Å². The van der Waals surface area contributed by atoms with Gasteiger partial charge in [0.1, 0.15) is 5.75 Å². The van der Waals surface area contributed by atoms with Gasteiger partial charge in [0.25, 0.3) is 0 Å². The minimum absolute atomic E-state index is 0.0799. The number of hydrogen-bond acceptors (Lipinski definition) is 2. The number of ether oxygens (including phenoxy) is 1. The first-order valence-electron chi connectivity index (χ1n) is 4.87. The summed E-state index contributed by atoms with van der Waals surface area (Å²) in [7, 11) is 1.55. The Morgan fingerprint density at radius 1 is 1.62 bits per heavy atom. The Labute approximate surface area is 108 Å². The fourth-order valence-electron chi connectivity index (χ4n) is 1.15. The molecule has 1 N–H and O–H groups in total. The maximum Gasteiger partial charge on any atom is 0.238 e. The third-order valence-electron chi connectivity index (χ3n) is 2.06. The molecule has 0 aromatic heterocycles. The van der Waals surface area contributed by atoms with Crippen LogP contribution in [0.5, 0.6) is 5.75 Å². The Bertz CT molecular complexity index is 384. The van der Waals surface area contributed by atoms with Gasteiger partial charge < -0.3 is 10.1 Å². The maximum atomic E-state index is 11.6. The number of methoxy groups -OCH3 is 1. The second kappa shape index (κ2) is 6.11. The normalized spacial score (nSPS) is 12.0. The van der Waals surface area contributed by atoms with Crippen LogP contribution in [0.15, 0.2) is 18.2 Å². The fraction of sp³-hybridized carbons (Fsp3) is 0.364.